The lowest BCUT2D eigenvalue weighted by atomic mass is 10.0. The summed E-state index contributed by atoms with van der Waals surface area (Å²) in [4.78, 5) is 20.7. The van der Waals surface area contributed by atoms with E-state index in [1.165, 1.54) is 7.11 Å². The summed E-state index contributed by atoms with van der Waals surface area (Å²) in [5.74, 6) is 0. The van der Waals surface area contributed by atoms with Gasteiger partial charge in [0.25, 0.3) is 0 Å². The van der Waals surface area contributed by atoms with Crippen LogP contribution in [0.1, 0.15) is 30.8 Å². The minimum Gasteiger partial charge on any atom is -0.453 e. The fraction of sp³-hybridized carbons (Fsp3) is 0.600. The van der Waals surface area contributed by atoms with Crippen LogP contribution < -0.4 is 0 Å². The maximum Gasteiger partial charge on any atom is 0.410 e. The van der Waals surface area contributed by atoms with Gasteiger partial charge in [-0.3, -0.25) is 4.90 Å². The zero-order valence-electron chi connectivity index (χ0n) is 8.99. The normalized spacial score (nSPS) is 19.9. The van der Waals surface area contributed by atoms with E-state index in [0.717, 1.165) is 24.2 Å². The molecular weight excluding hydrogens is 194 g/mol. The summed E-state index contributed by atoms with van der Waals surface area (Å²) >= 11 is 0. The van der Waals surface area contributed by atoms with Crippen molar-refractivity contribution < 1.29 is 9.53 Å². The standard InChI is InChI=1S/C10H15N3O2/c1-3-8-9-7(11-6-12-9)4-5-13(8)10(14)15-2/h6,8H,3-5H2,1-2H3,(H,11,12). The van der Waals surface area contributed by atoms with E-state index in [-0.39, 0.29) is 12.1 Å². The molecule has 0 radical (unpaired) electrons. The second kappa shape index (κ2) is 3.92. The number of H-pyrrole nitrogens is 1. The second-order valence-electron chi connectivity index (χ2n) is 3.60. The molecule has 1 N–H and O–H groups in total. The molecule has 0 saturated heterocycles. The van der Waals surface area contributed by atoms with Crippen LogP contribution in [-0.2, 0) is 11.2 Å². The lowest BCUT2D eigenvalue weighted by Gasteiger charge is -2.32. The highest BCUT2D eigenvalue weighted by Gasteiger charge is 2.31. The lowest BCUT2D eigenvalue weighted by molar-refractivity contribution is 0.0983. The number of nitrogens with zero attached hydrogens (tertiary/aromatic N) is 2. The van der Waals surface area contributed by atoms with Gasteiger partial charge < -0.3 is 9.72 Å². The first kappa shape index (κ1) is 10.0. The number of methoxy groups -OCH3 is 1. The van der Waals surface area contributed by atoms with Gasteiger partial charge in [0.15, 0.2) is 0 Å². The molecular formula is C10H15N3O2. The molecule has 1 atom stereocenters. The van der Waals surface area contributed by atoms with Crippen LogP contribution in [0.2, 0.25) is 0 Å². The van der Waals surface area contributed by atoms with E-state index in [1.54, 1.807) is 11.2 Å². The number of imidazole rings is 1. The van der Waals surface area contributed by atoms with E-state index in [4.69, 9.17) is 4.74 Å². The number of amides is 1. The van der Waals surface area contributed by atoms with Gasteiger partial charge in [0.2, 0.25) is 0 Å². The molecule has 5 heteroatoms. The Balaban J connectivity index is 2.28. The van der Waals surface area contributed by atoms with Crippen molar-refractivity contribution in [2.24, 2.45) is 0 Å². The molecule has 1 aliphatic heterocycles. The number of aromatic nitrogens is 2. The number of fused-ring (bicyclic) bond motifs is 1. The number of carbonyl (C=O) groups excluding carboxylic acids is 1. The zero-order valence-corrected chi connectivity index (χ0v) is 8.99. The fourth-order valence-corrected chi connectivity index (χ4v) is 2.10. The molecule has 15 heavy (non-hydrogen) atoms. The third kappa shape index (κ3) is 1.58. The summed E-state index contributed by atoms with van der Waals surface area (Å²) < 4.78 is 4.76. The predicted octanol–water partition coefficient (Wildman–Crippen LogP) is 1.49. The first-order valence-corrected chi connectivity index (χ1v) is 5.14. The van der Waals surface area contributed by atoms with Gasteiger partial charge in [-0.25, -0.2) is 9.78 Å². The van der Waals surface area contributed by atoms with E-state index < -0.39 is 0 Å². The highest BCUT2D eigenvalue weighted by Crippen LogP contribution is 2.29. The number of ether oxygens (including phenoxy) is 1. The quantitative estimate of drug-likeness (QED) is 0.762. The third-order valence-electron chi connectivity index (χ3n) is 2.84. The van der Waals surface area contributed by atoms with Crippen LogP contribution in [-0.4, -0.2) is 34.6 Å². The van der Waals surface area contributed by atoms with Crippen molar-refractivity contribution in [2.75, 3.05) is 13.7 Å². The van der Waals surface area contributed by atoms with Gasteiger partial charge in [0, 0.05) is 18.7 Å². The Labute approximate surface area is 88.4 Å². The molecule has 0 fully saturated rings. The maximum absolute atomic E-state index is 11.5. The molecule has 1 aromatic heterocycles. The van der Waals surface area contributed by atoms with Crippen molar-refractivity contribution in [3.63, 3.8) is 0 Å². The smallest absolute Gasteiger partial charge is 0.410 e. The number of aromatic amines is 1. The second-order valence-corrected chi connectivity index (χ2v) is 3.60. The van der Waals surface area contributed by atoms with Crippen LogP contribution in [0.25, 0.3) is 0 Å². The van der Waals surface area contributed by atoms with Gasteiger partial charge in [-0.1, -0.05) is 6.92 Å². The van der Waals surface area contributed by atoms with Crippen LogP contribution in [0, 0.1) is 0 Å². The average molecular weight is 209 g/mol. The highest BCUT2D eigenvalue weighted by molar-refractivity contribution is 5.68. The van der Waals surface area contributed by atoms with Crippen molar-refractivity contribution in [2.45, 2.75) is 25.8 Å². The van der Waals surface area contributed by atoms with Crippen molar-refractivity contribution in [3.8, 4) is 0 Å². The molecule has 0 spiro atoms. The molecule has 2 heterocycles. The van der Waals surface area contributed by atoms with Crippen LogP contribution in [0.3, 0.4) is 0 Å². The molecule has 2 rings (SSSR count). The minimum absolute atomic E-state index is 0.0486. The van der Waals surface area contributed by atoms with E-state index in [2.05, 4.69) is 9.97 Å². The highest BCUT2D eigenvalue weighted by atomic mass is 16.5. The monoisotopic (exact) mass is 209 g/mol. The summed E-state index contributed by atoms with van der Waals surface area (Å²) in [5, 5.41) is 0. The Kier molecular flexibility index (Phi) is 2.62. The Morgan fingerprint density at radius 1 is 1.80 bits per heavy atom. The summed E-state index contributed by atoms with van der Waals surface area (Å²) in [7, 11) is 1.41. The van der Waals surface area contributed by atoms with Crippen molar-refractivity contribution >= 4 is 6.09 Å². The Morgan fingerprint density at radius 3 is 3.27 bits per heavy atom. The van der Waals surface area contributed by atoms with Gasteiger partial charge in [-0.15, -0.1) is 0 Å². The molecule has 1 unspecified atom stereocenters. The Morgan fingerprint density at radius 2 is 2.60 bits per heavy atom. The summed E-state index contributed by atoms with van der Waals surface area (Å²) in [6.45, 7) is 2.74. The number of nitrogens with one attached hydrogen (secondary N) is 1. The molecule has 1 aromatic rings. The van der Waals surface area contributed by atoms with E-state index in [0.29, 0.717) is 6.54 Å². The Hall–Kier alpha value is -1.52. The van der Waals surface area contributed by atoms with Crippen molar-refractivity contribution in [1.29, 1.82) is 0 Å². The molecule has 0 aliphatic carbocycles. The minimum atomic E-state index is -0.268. The SMILES string of the molecule is CCC1c2nc[nH]c2CCN1C(=O)OC. The summed E-state index contributed by atoms with van der Waals surface area (Å²) in [6, 6.07) is 0.0486. The number of carbonyl (C=O) groups is 1. The Bertz CT molecular complexity index is 361. The molecule has 0 aromatic carbocycles. The van der Waals surface area contributed by atoms with Crippen LogP contribution in [0.15, 0.2) is 6.33 Å². The lowest BCUT2D eigenvalue weighted by Crippen LogP contribution is -2.39. The third-order valence-corrected chi connectivity index (χ3v) is 2.84. The van der Waals surface area contributed by atoms with Gasteiger partial charge in [-0.05, 0) is 6.42 Å². The van der Waals surface area contributed by atoms with Gasteiger partial charge in [0.1, 0.15) is 0 Å². The number of hydrogen-bond donors (Lipinski definition) is 1. The molecule has 1 amide bonds. The average Bonchev–Trinajstić information content (AvgIpc) is 2.74. The number of hydrogen-bond acceptors (Lipinski definition) is 3. The van der Waals surface area contributed by atoms with Crippen LogP contribution >= 0.6 is 0 Å². The van der Waals surface area contributed by atoms with Crippen molar-refractivity contribution in [3.05, 3.63) is 17.7 Å². The largest absolute Gasteiger partial charge is 0.453 e. The van der Waals surface area contributed by atoms with Crippen LogP contribution in [0.4, 0.5) is 4.79 Å². The first-order valence-electron chi connectivity index (χ1n) is 5.14. The molecule has 0 bridgehead atoms. The molecule has 1 aliphatic rings. The maximum atomic E-state index is 11.5. The van der Waals surface area contributed by atoms with Gasteiger partial charge in [0.05, 0.1) is 25.2 Å². The molecule has 5 nitrogen and oxygen atoms in total. The van der Waals surface area contributed by atoms with E-state index in [9.17, 15) is 4.79 Å². The zero-order chi connectivity index (χ0) is 10.8. The summed E-state index contributed by atoms with van der Waals surface area (Å²) in [5.41, 5.74) is 2.12. The van der Waals surface area contributed by atoms with Crippen molar-refractivity contribution in [1.82, 2.24) is 14.9 Å². The van der Waals surface area contributed by atoms with E-state index >= 15 is 0 Å². The first-order chi connectivity index (χ1) is 7.27. The topological polar surface area (TPSA) is 58.2 Å². The molecule has 0 saturated carbocycles. The molecule has 82 valence electrons. The summed E-state index contributed by atoms with van der Waals surface area (Å²) in [6.07, 6.45) is 3.10. The van der Waals surface area contributed by atoms with Crippen LogP contribution in [0.5, 0.6) is 0 Å². The fourth-order valence-electron chi connectivity index (χ4n) is 2.10. The van der Waals surface area contributed by atoms with Gasteiger partial charge in [-0.2, -0.15) is 0 Å². The van der Waals surface area contributed by atoms with E-state index in [1.807, 2.05) is 6.92 Å². The predicted molar refractivity (Wildman–Crippen MR) is 54.4 cm³/mol. The number of rotatable bonds is 1. The van der Waals surface area contributed by atoms with Gasteiger partial charge >= 0.3 is 6.09 Å².